The Kier molecular flexibility index (Phi) is 4.96. The van der Waals surface area contributed by atoms with E-state index in [2.05, 4.69) is 9.97 Å². The maximum atomic E-state index is 13.7. The number of rotatable bonds is 5. The summed E-state index contributed by atoms with van der Waals surface area (Å²) in [5, 5.41) is 5.29. The number of hydrogen-bond acceptors (Lipinski definition) is 4. The summed E-state index contributed by atoms with van der Waals surface area (Å²) in [5.74, 6) is -4.48. The smallest absolute Gasteiger partial charge is 0.238 e. The minimum atomic E-state index is -3.92. The average molecular weight is 433 g/mol. The van der Waals surface area contributed by atoms with Crippen LogP contribution in [0.3, 0.4) is 0 Å². The molecule has 154 valence electrons. The van der Waals surface area contributed by atoms with Crippen LogP contribution in [0, 0.1) is 17.5 Å². The van der Waals surface area contributed by atoms with Gasteiger partial charge in [0.15, 0.2) is 17.4 Å². The number of sulfonamides is 1. The van der Waals surface area contributed by atoms with Gasteiger partial charge in [0.1, 0.15) is 12.4 Å². The van der Waals surface area contributed by atoms with Crippen LogP contribution >= 0.6 is 0 Å². The third-order valence-electron chi connectivity index (χ3n) is 4.40. The molecule has 3 aromatic carbocycles. The van der Waals surface area contributed by atoms with Crippen LogP contribution in [0.4, 0.5) is 13.2 Å². The molecule has 1 aromatic heterocycles. The van der Waals surface area contributed by atoms with E-state index in [-0.39, 0.29) is 11.5 Å². The molecule has 0 radical (unpaired) electrons. The minimum absolute atomic E-state index is 0.0127. The lowest BCUT2D eigenvalue weighted by Gasteiger charge is -2.07. The normalized spacial score (nSPS) is 11.7. The Bertz CT molecular complexity index is 1370. The van der Waals surface area contributed by atoms with Gasteiger partial charge >= 0.3 is 0 Å². The molecule has 1 heterocycles. The molecular formula is C20H14F3N3O3S. The van der Waals surface area contributed by atoms with E-state index in [1.807, 2.05) is 0 Å². The number of ether oxygens (including phenoxy) is 1. The predicted octanol–water partition coefficient (Wildman–Crippen LogP) is 3.87. The summed E-state index contributed by atoms with van der Waals surface area (Å²) in [7, 11) is -3.92. The Hall–Kier alpha value is -3.37. The van der Waals surface area contributed by atoms with Crippen LogP contribution in [0.2, 0.25) is 0 Å². The second-order valence-electron chi connectivity index (χ2n) is 6.42. The molecule has 4 aromatic rings. The number of halogens is 3. The molecule has 0 aliphatic heterocycles. The summed E-state index contributed by atoms with van der Waals surface area (Å²) in [4.78, 5) is 7.25. The van der Waals surface area contributed by atoms with Gasteiger partial charge in [0, 0.05) is 5.56 Å². The molecular weight excluding hydrogens is 419 g/mol. The number of nitrogens with one attached hydrogen (secondary N) is 1. The largest absolute Gasteiger partial charge is 0.482 e. The van der Waals surface area contributed by atoms with Crippen molar-refractivity contribution in [2.75, 3.05) is 0 Å². The van der Waals surface area contributed by atoms with Crippen molar-refractivity contribution in [3.63, 3.8) is 0 Å². The zero-order chi connectivity index (χ0) is 21.5. The second kappa shape index (κ2) is 7.47. The lowest BCUT2D eigenvalue weighted by atomic mass is 10.1. The van der Waals surface area contributed by atoms with Gasteiger partial charge in [-0.25, -0.2) is 27.3 Å². The molecule has 0 saturated carbocycles. The van der Waals surface area contributed by atoms with Crippen LogP contribution in [0.25, 0.3) is 22.2 Å². The van der Waals surface area contributed by atoms with E-state index in [0.717, 1.165) is 12.1 Å². The van der Waals surface area contributed by atoms with Gasteiger partial charge in [-0.15, -0.1) is 0 Å². The molecule has 3 N–H and O–H groups in total. The maximum Gasteiger partial charge on any atom is 0.238 e. The highest BCUT2D eigenvalue weighted by atomic mass is 32.2. The fraction of sp³-hybridized carbons (Fsp3) is 0.0500. The van der Waals surface area contributed by atoms with Crippen LogP contribution in [0.15, 0.2) is 59.5 Å². The summed E-state index contributed by atoms with van der Waals surface area (Å²) >= 11 is 0. The summed E-state index contributed by atoms with van der Waals surface area (Å²) in [6, 6.07) is 13.1. The summed E-state index contributed by atoms with van der Waals surface area (Å²) in [5.41, 5.74) is 2.14. The first kappa shape index (κ1) is 19.9. The van der Waals surface area contributed by atoms with Crippen molar-refractivity contribution in [1.82, 2.24) is 9.97 Å². The first-order valence-corrected chi connectivity index (χ1v) is 10.2. The number of primary sulfonamides is 1. The third kappa shape index (κ3) is 3.74. The van der Waals surface area contributed by atoms with E-state index in [0.29, 0.717) is 28.0 Å². The molecule has 0 aliphatic rings. The minimum Gasteiger partial charge on any atom is -0.482 e. The topological polar surface area (TPSA) is 98.1 Å². The predicted molar refractivity (Wildman–Crippen MR) is 104 cm³/mol. The van der Waals surface area contributed by atoms with Gasteiger partial charge in [0.05, 0.1) is 15.9 Å². The Morgan fingerprint density at radius 1 is 1.00 bits per heavy atom. The van der Waals surface area contributed by atoms with Crippen molar-refractivity contribution in [3.05, 3.63) is 77.9 Å². The third-order valence-corrected chi connectivity index (χ3v) is 5.37. The van der Waals surface area contributed by atoms with Crippen molar-refractivity contribution in [2.24, 2.45) is 5.14 Å². The number of aromatic amines is 1. The van der Waals surface area contributed by atoms with Crippen LogP contribution in [-0.4, -0.2) is 18.4 Å². The first-order valence-electron chi connectivity index (χ1n) is 8.61. The van der Waals surface area contributed by atoms with Crippen molar-refractivity contribution in [3.8, 4) is 16.9 Å². The first-order chi connectivity index (χ1) is 14.2. The molecule has 0 amide bonds. The lowest BCUT2D eigenvalue weighted by molar-refractivity contribution is 0.274. The number of H-pyrrole nitrogens is 1. The summed E-state index contributed by atoms with van der Waals surface area (Å²) < 4.78 is 68.9. The lowest BCUT2D eigenvalue weighted by Crippen LogP contribution is -2.13. The van der Waals surface area contributed by atoms with Gasteiger partial charge < -0.3 is 9.72 Å². The Balaban J connectivity index is 1.64. The Morgan fingerprint density at radius 3 is 2.53 bits per heavy atom. The van der Waals surface area contributed by atoms with Crippen molar-refractivity contribution in [2.45, 2.75) is 11.5 Å². The van der Waals surface area contributed by atoms with E-state index < -0.39 is 33.2 Å². The highest BCUT2D eigenvalue weighted by Crippen LogP contribution is 2.29. The molecule has 4 rings (SSSR count). The van der Waals surface area contributed by atoms with Gasteiger partial charge in [0.25, 0.3) is 0 Å². The SMILES string of the molecule is NS(=O)(=O)c1ccccc1-c1ccc2nc(COc3ccc(F)c(F)c3F)[nH]c2c1. The summed E-state index contributed by atoms with van der Waals surface area (Å²) in [6.07, 6.45) is 0. The molecule has 0 saturated heterocycles. The van der Waals surface area contributed by atoms with Crippen LogP contribution < -0.4 is 9.88 Å². The van der Waals surface area contributed by atoms with E-state index in [1.54, 1.807) is 36.4 Å². The number of benzene rings is 3. The molecule has 30 heavy (non-hydrogen) atoms. The number of nitrogens with zero attached hydrogens (tertiary/aromatic N) is 1. The average Bonchev–Trinajstić information content (AvgIpc) is 3.13. The molecule has 0 spiro atoms. The van der Waals surface area contributed by atoms with Gasteiger partial charge in [-0.2, -0.15) is 4.39 Å². The standard InChI is InChI=1S/C20H14F3N3O3S/c21-13-6-8-16(20(23)19(13)22)29-10-18-25-14-7-5-11(9-15(14)26-18)12-3-1-2-4-17(12)30(24,27)28/h1-9H,10H2,(H,25,26)(H2,24,27,28). The number of nitrogens with two attached hydrogens (primary N) is 1. The fourth-order valence-electron chi connectivity index (χ4n) is 3.02. The summed E-state index contributed by atoms with van der Waals surface area (Å²) in [6.45, 7) is -0.222. The zero-order valence-electron chi connectivity index (χ0n) is 15.2. The van der Waals surface area contributed by atoms with Gasteiger partial charge in [-0.05, 0) is 35.9 Å². The van der Waals surface area contributed by atoms with E-state index in [9.17, 15) is 21.6 Å². The molecule has 0 fully saturated rings. The van der Waals surface area contributed by atoms with Gasteiger partial charge in [-0.3, -0.25) is 0 Å². The van der Waals surface area contributed by atoms with Crippen LogP contribution in [0.5, 0.6) is 5.75 Å². The van der Waals surface area contributed by atoms with Crippen molar-refractivity contribution < 1.29 is 26.3 Å². The van der Waals surface area contributed by atoms with E-state index in [1.165, 1.54) is 6.07 Å². The second-order valence-corrected chi connectivity index (χ2v) is 7.95. The molecule has 0 unspecified atom stereocenters. The van der Waals surface area contributed by atoms with Crippen molar-refractivity contribution in [1.29, 1.82) is 0 Å². The number of imidazole rings is 1. The molecule has 0 bridgehead atoms. The Morgan fingerprint density at radius 2 is 1.77 bits per heavy atom. The van der Waals surface area contributed by atoms with Crippen molar-refractivity contribution >= 4 is 21.1 Å². The molecule has 10 heteroatoms. The highest BCUT2D eigenvalue weighted by Gasteiger charge is 2.17. The number of fused-ring (bicyclic) bond motifs is 1. The van der Waals surface area contributed by atoms with Crippen LogP contribution in [-0.2, 0) is 16.6 Å². The molecule has 0 atom stereocenters. The molecule has 6 nitrogen and oxygen atoms in total. The monoisotopic (exact) mass is 433 g/mol. The fourth-order valence-corrected chi connectivity index (χ4v) is 3.78. The highest BCUT2D eigenvalue weighted by molar-refractivity contribution is 7.89. The zero-order valence-corrected chi connectivity index (χ0v) is 16.0. The number of hydrogen-bond donors (Lipinski definition) is 2. The van der Waals surface area contributed by atoms with Crippen LogP contribution in [0.1, 0.15) is 5.82 Å². The van der Waals surface area contributed by atoms with E-state index in [4.69, 9.17) is 9.88 Å². The number of aromatic nitrogens is 2. The van der Waals surface area contributed by atoms with Gasteiger partial charge in [-0.1, -0.05) is 24.3 Å². The van der Waals surface area contributed by atoms with Gasteiger partial charge in [0.2, 0.25) is 15.8 Å². The Labute approximate surface area is 169 Å². The quantitative estimate of drug-likeness (QED) is 0.467. The van der Waals surface area contributed by atoms with E-state index >= 15 is 0 Å². The maximum absolute atomic E-state index is 13.7. The molecule has 0 aliphatic carbocycles.